The molecule has 0 bridgehead atoms. The zero-order valence-corrected chi connectivity index (χ0v) is 12.0. The van der Waals surface area contributed by atoms with Crippen molar-refractivity contribution in [3.63, 3.8) is 0 Å². The van der Waals surface area contributed by atoms with Crippen molar-refractivity contribution in [2.75, 3.05) is 5.75 Å². The van der Waals surface area contributed by atoms with Crippen molar-refractivity contribution < 1.29 is 4.79 Å². The number of benzene rings is 1. The van der Waals surface area contributed by atoms with Crippen LogP contribution in [0, 0.1) is 0 Å². The van der Waals surface area contributed by atoms with E-state index in [2.05, 4.69) is 0 Å². The monoisotopic (exact) mass is 278 g/mol. The van der Waals surface area contributed by atoms with Crippen molar-refractivity contribution in [3.05, 3.63) is 35.9 Å². The normalized spacial score (nSPS) is 19.8. The van der Waals surface area contributed by atoms with Gasteiger partial charge in [0.15, 0.2) is 0 Å². The molecule has 0 aromatic heterocycles. The number of carbonyl (C=O) groups is 1. The minimum atomic E-state index is -1.05. The molecule has 1 fully saturated rings. The molecule has 1 aromatic carbocycles. The Morgan fingerprint density at radius 2 is 1.84 bits per heavy atom. The number of carbonyl (C=O) groups excluding carboxylic acids is 1. The van der Waals surface area contributed by atoms with Gasteiger partial charge < -0.3 is 11.5 Å². The number of rotatable bonds is 5. The topological polar surface area (TPSA) is 69.1 Å². The summed E-state index contributed by atoms with van der Waals surface area (Å²) in [6.07, 6.45) is 6.37. The quantitative estimate of drug-likeness (QED) is 0.869. The molecule has 1 aliphatic carbocycles. The molecule has 1 unspecified atom stereocenters. The molecule has 1 saturated carbocycles. The van der Waals surface area contributed by atoms with Crippen LogP contribution in [-0.4, -0.2) is 16.9 Å². The summed E-state index contributed by atoms with van der Waals surface area (Å²) >= 11 is 1.80. The van der Waals surface area contributed by atoms with Gasteiger partial charge in [0.25, 0.3) is 0 Å². The highest BCUT2D eigenvalue weighted by atomic mass is 32.2. The summed E-state index contributed by atoms with van der Waals surface area (Å²) in [5.41, 5.74) is 11.6. The first-order chi connectivity index (χ1) is 9.13. The minimum Gasteiger partial charge on any atom is -0.368 e. The van der Waals surface area contributed by atoms with Crippen LogP contribution in [0.4, 0.5) is 0 Å². The van der Waals surface area contributed by atoms with Gasteiger partial charge in [-0.05, 0) is 18.4 Å². The molecule has 0 aliphatic heterocycles. The van der Waals surface area contributed by atoms with Gasteiger partial charge in [-0.2, -0.15) is 11.8 Å². The van der Waals surface area contributed by atoms with E-state index >= 15 is 0 Å². The van der Waals surface area contributed by atoms with Gasteiger partial charge in [0.05, 0.1) is 0 Å². The lowest BCUT2D eigenvalue weighted by atomic mass is 9.92. The second-order valence-electron chi connectivity index (χ2n) is 5.27. The van der Waals surface area contributed by atoms with E-state index in [1.165, 1.54) is 32.1 Å². The first-order valence-corrected chi connectivity index (χ1v) is 7.94. The van der Waals surface area contributed by atoms with E-state index in [0.717, 1.165) is 5.56 Å². The molecule has 0 saturated heterocycles. The third-order valence-electron chi connectivity index (χ3n) is 3.83. The lowest BCUT2D eigenvalue weighted by Gasteiger charge is -2.29. The second kappa shape index (κ2) is 6.44. The van der Waals surface area contributed by atoms with Gasteiger partial charge in [-0.1, -0.05) is 49.6 Å². The highest BCUT2D eigenvalue weighted by Crippen LogP contribution is 2.32. The van der Waals surface area contributed by atoms with Crippen LogP contribution in [0.15, 0.2) is 30.3 Å². The smallest absolute Gasteiger partial charge is 0.242 e. The van der Waals surface area contributed by atoms with Gasteiger partial charge in [-0.25, -0.2) is 0 Å². The highest BCUT2D eigenvalue weighted by molar-refractivity contribution is 8.00. The summed E-state index contributed by atoms with van der Waals surface area (Å²) in [6.45, 7) is 0. The maximum absolute atomic E-state index is 11.8. The second-order valence-corrected chi connectivity index (χ2v) is 6.56. The zero-order valence-electron chi connectivity index (χ0n) is 11.2. The van der Waals surface area contributed by atoms with E-state index in [4.69, 9.17) is 11.5 Å². The van der Waals surface area contributed by atoms with E-state index in [9.17, 15) is 4.79 Å². The molecule has 4 N–H and O–H groups in total. The Bertz CT molecular complexity index is 417. The van der Waals surface area contributed by atoms with E-state index in [1.54, 1.807) is 11.8 Å². The number of nitrogens with two attached hydrogens (primary N) is 2. The predicted molar refractivity (Wildman–Crippen MR) is 80.8 cm³/mol. The largest absolute Gasteiger partial charge is 0.368 e. The number of hydrogen-bond acceptors (Lipinski definition) is 3. The van der Waals surface area contributed by atoms with Crippen LogP contribution in [0.5, 0.6) is 0 Å². The summed E-state index contributed by atoms with van der Waals surface area (Å²) in [5, 5.41) is 0.625. The molecule has 0 spiro atoms. The fourth-order valence-electron chi connectivity index (χ4n) is 2.51. The van der Waals surface area contributed by atoms with Crippen LogP contribution in [-0.2, 0) is 10.3 Å². The van der Waals surface area contributed by atoms with Crippen LogP contribution in [0.25, 0.3) is 0 Å². The molecule has 3 nitrogen and oxygen atoms in total. The Balaban J connectivity index is 2.05. The average molecular weight is 278 g/mol. The average Bonchev–Trinajstić information content (AvgIpc) is 2.46. The summed E-state index contributed by atoms with van der Waals surface area (Å²) in [5.74, 6) is 0.124. The molecular weight excluding hydrogens is 256 g/mol. The number of primary amides is 1. The van der Waals surface area contributed by atoms with Gasteiger partial charge in [0.2, 0.25) is 5.91 Å². The van der Waals surface area contributed by atoms with Crippen molar-refractivity contribution in [2.24, 2.45) is 11.5 Å². The lowest BCUT2D eigenvalue weighted by Crippen LogP contribution is -2.51. The molecule has 4 heteroatoms. The third-order valence-corrected chi connectivity index (χ3v) is 5.39. The predicted octanol–water partition coefficient (Wildman–Crippen LogP) is 2.39. The van der Waals surface area contributed by atoms with Gasteiger partial charge in [-0.3, -0.25) is 4.79 Å². The lowest BCUT2D eigenvalue weighted by molar-refractivity contribution is -0.122. The Labute approximate surface area is 119 Å². The van der Waals surface area contributed by atoms with E-state index < -0.39 is 11.4 Å². The van der Waals surface area contributed by atoms with Gasteiger partial charge >= 0.3 is 0 Å². The molecular formula is C15H22N2OS. The Morgan fingerprint density at radius 1 is 1.21 bits per heavy atom. The minimum absolute atomic E-state index is 0.443. The zero-order chi connectivity index (χ0) is 13.7. The summed E-state index contributed by atoms with van der Waals surface area (Å²) in [6, 6.07) is 9.47. The first kappa shape index (κ1) is 14.4. The van der Waals surface area contributed by atoms with Crippen LogP contribution >= 0.6 is 11.8 Å². The van der Waals surface area contributed by atoms with Gasteiger partial charge in [0, 0.05) is 11.0 Å². The van der Waals surface area contributed by atoms with Crippen molar-refractivity contribution in [1.29, 1.82) is 0 Å². The number of amides is 1. The van der Waals surface area contributed by atoms with Crippen LogP contribution in [0.2, 0.25) is 0 Å². The molecule has 104 valence electrons. The van der Waals surface area contributed by atoms with Crippen molar-refractivity contribution in [2.45, 2.75) is 42.9 Å². The van der Waals surface area contributed by atoms with Crippen LogP contribution in [0.3, 0.4) is 0 Å². The summed E-state index contributed by atoms with van der Waals surface area (Å²) in [7, 11) is 0. The summed E-state index contributed by atoms with van der Waals surface area (Å²) < 4.78 is 0. The Morgan fingerprint density at radius 3 is 2.42 bits per heavy atom. The van der Waals surface area contributed by atoms with Gasteiger partial charge in [-0.15, -0.1) is 0 Å². The van der Waals surface area contributed by atoms with Crippen molar-refractivity contribution in [3.8, 4) is 0 Å². The Hall–Kier alpha value is -1.00. The summed E-state index contributed by atoms with van der Waals surface area (Å²) in [4.78, 5) is 11.8. The molecule has 0 radical (unpaired) electrons. The fourth-order valence-corrected chi connectivity index (χ4v) is 3.99. The molecule has 1 aliphatic rings. The third kappa shape index (κ3) is 3.51. The first-order valence-electron chi connectivity index (χ1n) is 6.89. The molecule has 1 atom stereocenters. The number of hydrogen-bond donors (Lipinski definition) is 2. The standard InChI is InChI=1S/C15H22N2OS/c16-14(18)15(17,12-7-3-1-4-8-12)11-19-13-9-5-2-6-10-13/h1,3-4,7-8,13H,2,5-6,9-11,17H2,(H2,16,18). The van der Waals surface area contributed by atoms with Crippen LogP contribution in [0.1, 0.15) is 37.7 Å². The molecule has 0 heterocycles. The molecule has 1 amide bonds. The molecule has 1 aromatic rings. The van der Waals surface area contributed by atoms with Gasteiger partial charge in [0.1, 0.15) is 5.54 Å². The Kier molecular flexibility index (Phi) is 4.88. The fraction of sp³-hybridized carbons (Fsp3) is 0.533. The van der Waals surface area contributed by atoms with Crippen molar-refractivity contribution >= 4 is 17.7 Å². The number of thioether (sulfide) groups is 1. The SMILES string of the molecule is NC(=O)C(N)(CSC1CCCCC1)c1ccccc1. The van der Waals surface area contributed by atoms with Crippen LogP contribution < -0.4 is 11.5 Å². The highest BCUT2D eigenvalue weighted by Gasteiger charge is 2.34. The molecule has 2 rings (SSSR count). The van der Waals surface area contributed by atoms with E-state index in [0.29, 0.717) is 11.0 Å². The molecule has 19 heavy (non-hydrogen) atoms. The van der Waals surface area contributed by atoms with E-state index in [1.807, 2.05) is 30.3 Å². The maximum atomic E-state index is 11.8. The van der Waals surface area contributed by atoms with E-state index in [-0.39, 0.29) is 0 Å². The van der Waals surface area contributed by atoms with Crippen molar-refractivity contribution in [1.82, 2.24) is 0 Å². The maximum Gasteiger partial charge on any atom is 0.242 e.